The standard InChI is InChI=1S/C22H28ClN3O4S/c1-14-8-7-9-15(2)20(14)24-19(27)13-26(6)21(28)16-10-11-17(23)18(12-16)31(29,30)25-22(3,4)5/h7-12,25H,13H2,1-6H3,(H,24,27). The summed E-state index contributed by atoms with van der Waals surface area (Å²) in [7, 11) is -2.46. The molecule has 0 fully saturated rings. The average molecular weight is 466 g/mol. The maximum absolute atomic E-state index is 12.8. The third-order valence-electron chi connectivity index (χ3n) is 4.38. The molecule has 0 unspecified atom stereocenters. The van der Waals surface area contributed by atoms with E-state index in [0.717, 1.165) is 11.1 Å². The Bertz CT molecular complexity index is 1090. The Kier molecular flexibility index (Phi) is 7.52. The predicted octanol–water partition coefficient (Wildman–Crippen LogP) is 3.74. The van der Waals surface area contributed by atoms with Crippen LogP contribution in [0.3, 0.4) is 0 Å². The number of rotatable bonds is 6. The first-order valence-corrected chi connectivity index (χ1v) is 11.5. The van der Waals surface area contributed by atoms with Crippen LogP contribution in [0.25, 0.3) is 0 Å². The molecule has 0 aliphatic heterocycles. The summed E-state index contributed by atoms with van der Waals surface area (Å²) in [4.78, 5) is 26.3. The highest BCUT2D eigenvalue weighted by Gasteiger charge is 2.26. The fourth-order valence-electron chi connectivity index (χ4n) is 3.00. The summed E-state index contributed by atoms with van der Waals surface area (Å²) in [5.74, 6) is -0.856. The molecule has 7 nitrogen and oxygen atoms in total. The van der Waals surface area contributed by atoms with Crippen molar-refractivity contribution in [2.45, 2.75) is 45.1 Å². The maximum Gasteiger partial charge on any atom is 0.254 e. The van der Waals surface area contributed by atoms with E-state index in [2.05, 4.69) is 10.0 Å². The molecule has 31 heavy (non-hydrogen) atoms. The number of likely N-dealkylation sites (N-methyl/N-ethyl adjacent to an activating group) is 1. The second kappa shape index (κ2) is 9.38. The van der Waals surface area contributed by atoms with Crippen molar-refractivity contribution in [1.82, 2.24) is 9.62 Å². The second-order valence-corrected chi connectivity index (χ2v) is 10.5. The molecule has 2 rings (SSSR count). The quantitative estimate of drug-likeness (QED) is 0.679. The first-order valence-electron chi connectivity index (χ1n) is 9.66. The minimum atomic E-state index is -3.94. The van der Waals surface area contributed by atoms with E-state index in [1.165, 1.54) is 30.1 Å². The van der Waals surface area contributed by atoms with Crippen LogP contribution in [0.4, 0.5) is 5.69 Å². The van der Waals surface area contributed by atoms with Crippen LogP contribution >= 0.6 is 11.6 Å². The number of nitrogens with one attached hydrogen (secondary N) is 2. The predicted molar refractivity (Wildman–Crippen MR) is 123 cm³/mol. The summed E-state index contributed by atoms with van der Waals surface area (Å²) in [6, 6.07) is 9.68. The summed E-state index contributed by atoms with van der Waals surface area (Å²) in [5, 5.41) is 2.83. The van der Waals surface area contributed by atoms with Crippen LogP contribution in [0.15, 0.2) is 41.3 Å². The van der Waals surface area contributed by atoms with E-state index in [1.807, 2.05) is 32.0 Å². The first kappa shape index (κ1) is 24.8. The van der Waals surface area contributed by atoms with Crippen LogP contribution in [0.1, 0.15) is 42.3 Å². The Labute approximate surface area is 188 Å². The molecule has 0 aromatic heterocycles. The number of carbonyl (C=O) groups excluding carboxylic acids is 2. The molecule has 2 aromatic carbocycles. The van der Waals surface area contributed by atoms with Crippen molar-refractivity contribution in [3.05, 3.63) is 58.1 Å². The van der Waals surface area contributed by atoms with Gasteiger partial charge < -0.3 is 10.2 Å². The van der Waals surface area contributed by atoms with Gasteiger partial charge in [0.05, 0.1) is 11.6 Å². The van der Waals surface area contributed by atoms with E-state index in [-0.39, 0.29) is 27.9 Å². The first-order chi connectivity index (χ1) is 14.2. The zero-order chi connectivity index (χ0) is 23.6. The van der Waals surface area contributed by atoms with Gasteiger partial charge in [0, 0.05) is 23.8 Å². The second-order valence-electron chi connectivity index (χ2n) is 8.48. The summed E-state index contributed by atoms with van der Waals surface area (Å²) in [5.41, 5.74) is 1.94. The van der Waals surface area contributed by atoms with Crippen LogP contribution in [-0.2, 0) is 14.8 Å². The fourth-order valence-corrected chi connectivity index (χ4v) is 4.94. The van der Waals surface area contributed by atoms with E-state index in [9.17, 15) is 18.0 Å². The van der Waals surface area contributed by atoms with Gasteiger partial charge in [-0.3, -0.25) is 9.59 Å². The zero-order valence-electron chi connectivity index (χ0n) is 18.5. The lowest BCUT2D eigenvalue weighted by atomic mass is 10.1. The van der Waals surface area contributed by atoms with Gasteiger partial charge in [-0.05, 0) is 63.9 Å². The molecule has 0 aliphatic carbocycles. The smallest absolute Gasteiger partial charge is 0.254 e. The van der Waals surface area contributed by atoms with Crippen LogP contribution in [-0.4, -0.2) is 44.3 Å². The Balaban J connectivity index is 2.20. The number of aryl methyl sites for hydroxylation is 2. The van der Waals surface area contributed by atoms with Crippen LogP contribution in [0, 0.1) is 13.8 Å². The lowest BCUT2D eigenvalue weighted by molar-refractivity contribution is -0.116. The maximum atomic E-state index is 12.8. The highest BCUT2D eigenvalue weighted by atomic mass is 35.5. The van der Waals surface area contributed by atoms with Crippen LogP contribution in [0.5, 0.6) is 0 Å². The molecule has 2 aromatic rings. The van der Waals surface area contributed by atoms with Crippen LogP contribution in [0.2, 0.25) is 5.02 Å². The molecule has 0 radical (unpaired) electrons. The molecule has 0 aliphatic rings. The molecule has 9 heteroatoms. The van der Waals surface area contributed by atoms with Gasteiger partial charge in [-0.1, -0.05) is 29.8 Å². The molecule has 2 amide bonds. The Morgan fingerprint density at radius 1 is 1.06 bits per heavy atom. The van der Waals surface area contributed by atoms with Gasteiger partial charge in [0.15, 0.2) is 0 Å². The summed E-state index contributed by atoms with van der Waals surface area (Å²) in [6.45, 7) is 8.69. The minimum Gasteiger partial charge on any atom is -0.332 e. The molecule has 0 spiro atoms. The Hall–Kier alpha value is -2.42. The third kappa shape index (κ3) is 6.53. The summed E-state index contributed by atoms with van der Waals surface area (Å²) < 4.78 is 27.9. The number of para-hydroxylation sites is 1. The van der Waals surface area contributed by atoms with Gasteiger partial charge in [0.2, 0.25) is 15.9 Å². The summed E-state index contributed by atoms with van der Waals surface area (Å²) in [6.07, 6.45) is 0. The third-order valence-corrected chi connectivity index (χ3v) is 6.62. The average Bonchev–Trinajstić information content (AvgIpc) is 2.62. The molecule has 2 N–H and O–H groups in total. The monoisotopic (exact) mass is 465 g/mol. The SMILES string of the molecule is Cc1cccc(C)c1NC(=O)CN(C)C(=O)c1ccc(Cl)c(S(=O)(=O)NC(C)(C)C)c1. The van der Waals surface area contributed by atoms with E-state index in [1.54, 1.807) is 20.8 Å². The zero-order valence-corrected chi connectivity index (χ0v) is 20.1. The van der Waals surface area contributed by atoms with E-state index in [4.69, 9.17) is 11.6 Å². The van der Waals surface area contributed by atoms with Gasteiger partial charge in [-0.25, -0.2) is 13.1 Å². The number of carbonyl (C=O) groups is 2. The molecule has 0 heterocycles. The topological polar surface area (TPSA) is 95.6 Å². The number of amides is 2. The molecule has 168 valence electrons. The normalized spacial score (nSPS) is 11.8. The number of hydrogen-bond acceptors (Lipinski definition) is 4. The molecule has 0 saturated carbocycles. The van der Waals surface area contributed by atoms with Gasteiger partial charge in [0.1, 0.15) is 4.90 Å². The fraction of sp³-hybridized carbons (Fsp3) is 0.364. The number of hydrogen-bond donors (Lipinski definition) is 2. The van der Waals surface area contributed by atoms with Gasteiger partial charge in [-0.15, -0.1) is 0 Å². The van der Waals surface area contributed by atoms with Crippen molar-refractivity contribution in [1.29, 1.82) is 0 Å². The molecule has 0 saturated heterocycles. The molecule has 0 bridgehead atoms. The molecular formula is C22H28ClN3O4S. The molecule has 0 atom stereocenters. The Morgan fingerprint density at radius 2 is 1.65 bits per heavy atom. The van der Waals surface area contributed by atoms with Gasteiger partial charge in [0.25, 0.3) is 5.91 Å². The lowest BCUT2D eigenvalue weighted by Gasteiger charge is -2.22. The highest BCUT2D eigenvalue weighted by Crippen LogP contribution is 2.25. The van der Waals surface area contributed by atoms with Gasteiger partial charge >= 0.3 is 0 Å². The Morgan fingerprint density at radius 3 is 2.19 bits per heavy atom. The van der Waals surface area contributed by atoms with Crippen molar-refractivity contribution in [2.75, 3.05) is 18.9 Å². The van der Waals surface area contributed by atoms with Crippen LogP contribution < -0.4 is 10.0 Å². The van der Waals surface area contributed by atoms with E-state index < -0.39 is 21.5 Å². The number of anilines is 1. The molecular weight excluding hydrogens is 438 g/mol. The van der Waals surface area contributed by atoms with E-state index in [0.29, 0.717) is 5.69 Å². The van der Waals surface area contributed by atoms with Crippen molar-refractivity contribution in [3.8, 4) is 0 Å². The van der Waals surface area contributed by atoms with Gasteiger partial charge in [-0.2, -0.15) is 0 Å². The largest absolute Gasteiger partial charge is 0.332 e. The van der Waals surface area contributed by atoms with Crippen molar-refractivity contribution < 1.29 is 18.0 Å². The highest BCUT2D eigenvalue weighted by molar-refractivity contribution is 7.89. The van der Waals surface area contributed by atoms with Crippen molar-refractivity contribution >= 4 is 39.1 Å². The van der Waals surface area contributed by atoms with Crippen molar-refractivity contribution in [2.24, 2.45) is 0 Å². The van der Waals surface area contributed by atoms with Crippen molar-refractivity contribution in [3.63, 3.8) is 0 Å². The number of sulfonamides is 1. The van der Waals surface area contributed by atoms with E-state index >= 15 is 0 Å². The number of nitrogens with zero attached hydrogens (tertiary/aromatic N) is 1. The number of benzene rings is 2. The lowest BCUT2D eigenvalue weighted by Crippen LogP contribution is -2.40. The number of halogens is 1. The minimum absolute atomic E-state index is 0.00345. The summed E-state index contributed by atoms with van der Waals surface area (Å²) >= 11 is 6.09.